The van der Waals surface area contributed by atoms with Gasteiger partial charge in [-0.1, -0.05) is 12.1 Å². The molecule has 204 valence electrons. The smallest absolute Gasteiger partial charge is 0.413 e. The lowest BCUT2D eigenvalue weighted by Gasteiger charge is -2.19. The molecule has 11 nitrogen and oxygen atoms in total. The molecular weight excluding hydrogens is 502 g/mol. The van der Waals surface area contributed by atoms with Crippen LogP contribution in [0.5, 0.6) is 23.0 Å². The summed E-state index contributed by atoms with van der Waals surface area (Å²) in [5, 5.41) is 10.4. The van der Waals surface area contributed by atoms with Gasteiger partial charge in [-0.3, -0.25) is 19.8 Å². The van der Waals surface area contributed by atoms with E-state index in [1.54, 1.807) is 78.6 Å². The molecular formula is C28H31N5O6. The summed E-state index contributed by atoms with van der Waals surface area (Å²) in [6.45, 7) is 5.32. The topological polar surface area (TPSA) is 126 Å². The van der Waals surface area contributed by atoms with Crippen LogP contribution in [0.25, 0.3) is 10.9 Å². The average molecular weight is 534 g/mol. The van der Waals surface area contributed by atoms with Crippen molar-refractivity contribution >= 4 is 34.5 Å². The molecule has 2 heterocycles. The van der Waals surface area contributed by atoms with Crippen LogP contribution < -0.4 is 24.8 Å². The van der Waals surface area contributed by atoms with E-state index in [2.05, 4.69) is 20.7 Å². The quantitative estimate of drug-likeness (QED) is 0.312. The molecule has 2 aromatic heterocycles. The molecule has 39 heavy (non-hydrogen) atoms. The first-order chi connectivity index (χ1) is 18.5. The van der Waals surface area contributed by atoms with E-state index in [4.69, 9.17) is 18.9 Å². The summed E-state index contributed by atoms with van der Waals surface area (Å²) in [6, 6.07) is 14.2. The van der Waals surface area contributed by atoms with E-state index >= 15 is 0 Å². The van der Waals surface area contributed by atoms with Gasteiger partial charge in [-0.05, 0) is 50.6 Å². The van der Waals surface area contributed by atoms with Crippen molar-refractivity contribution in [3.63, 3.8) is 0 Å². The van der Waals surface area contributed by atoms with Gasteiger partial charge < -0.3 is 24.3 Å². The summed E-state index contributed by atoms with van der Waals surface area (Å²) in [5.74, 6) is 2.81. The zero-order chi connectivity index (χ0) is 28.2. The minimum Gasteiger partial charge on any atom is -0.493 e. The van der Waals surface area contributed by atoms with Crippen LogP contribution in [-0.2, 0) is 23.0 Å². The Kier molecular flexibility index (Phi) is 7.89. The van der Waals surface area contributed by atoms with Gasteiger partial charge in [0, 0.05) is 30.8 Å². The summed E-state index contributed by atoms with van der Waals surface area (Å²) in [7, 11) is 4.80. The second-order valence-electron chi connectivity index (χ2n) is 9.67. The molecule has 2 N–H and O–H groups in total. The van der Waals surface area contributed by atoms with Gasteiger partial charge in [-0.15, -0.1) is 0 Å². The highest BCUT2D eigenvalue weighted by Gasteiger charge is 2.18. The first kappa shape index (κ1) is 27.2. The Morgan fingerprint density at radius 1 is 0.923 bits per heavy atom. The van der Waals surface area contributed by atoms with Gasteiger partial charge in [0.05, 0.1) is 26.2 Å². The Hall–Kier alpha value is -4.80. The maximum absolute atomic E-state index is 12.6. The number of rotatable bonds is 8. The van der Waals surface area contributed by atoms with Crippen LogP contribution in [0.1, 0.15) is 26.3 Å². The maximum Gasteiger partial charge on any atom is 0.413 e. The summed E-state index contributed by atoms with van der Waals surface area (Å²) in [5.41, 5.74) is 0.861. The molecule has 11 heteroatoms. The van der Waals surface area contributed by atoms with Crippen molar-refractivity contribution in [1.29, 1.82) is 0 Å². The van der Waals surface area contributed by atoms with Crippen LogP contribution in [0.3, 0.4) is 0 Å². The number of ether oxygens (including phenoxy) is 4. The van der Waals surface area contributed by atoms with Crippen molar-refractivity contribution in [1.82, 2.24) is 14.8 Å². The number of aromatic nitrogens is 3. The summed E-state index contributed by atoms with van der Waals surface area (Å²) >= 11 is 0. The number of fused-ring (bicyclic) bond motifs is 1. The van der Waals surface area contributed by atoms with Gasteiger partial charge in [0.25, 0.3) is 0 Å². The van der Waals surface area contributed by atoms with Crippen LogP contribution in [-0.4, -0.2) is 46.6 Å². The third-order valence-electron chi connectivity index (χ3n) is 5.50. The third kappa shape index (κ3) is 6.95. The fraction of sp³-hybridized carbons (Fsp3) is 0.286. The molecule has 2 aromatic carbocycles. The van der Waals surface area contributed by atoms with Gasteiger partial charge in [-0.25, -0.2) is 4.79 Å². The molecule has 0 saturated carbocycles. The number of pyridine rings is 1. The molecule has 0 spiro atoms. The number of nitrogens with zero attached hydrogens (tertiary/aromatic N) is 3. The van der Waals surface area contributed by atoms with Crippen LogP contribution in [0, 0.1) is 0 Å². The minimum absolute atomic E-state index is 0.126. The molecule has 0 atom stereocenters. The monoisotopic (exact) mass is 533 g/mol. The first-order valence-corrected chi connectivity index (χ1v) is 12.2. The lowest BCUT2D eigenvalue weighted by molar-refractivity contribution is -0.115. The van der Waals surface area contributed by atoms with Gasteiger partial charge >= 0.3 is 6.09 Å². The Labute approximate surface area is 226 Å². The fourth-order valence-electron chi connectivity index (χ4n) is 3.76. The number of carbonyl (C=O) groups is 2. The Balaban J connectivity index is 1.38. The van der Waals surface area contributed by atoms with Crippen molar-refractivity contribution in [3.05, 3.63) is 60.3 Å². The van der Waals surface area contributed by atoms with Gasteiger partial charge in [0.1, 0.15) is 22.9 Å². The van der Waals surface area contributed by atoms with E-state index in [9.17, 15) is 9.59 Å². The second kappa shape index (κ2) is 11.3. The van der Waals surface area contributed by atoms with Crippen LogP contribution in [0.4, 0.5) is 16.4 Å². The zero-order valence-corrected chi connectivity index (χ0v) is 22.7. The molecule has 0 unspecified atom stereocenters. The van der Waals surface area contributed by atoms with Gasteiger partial charge in [0.15, 0.2) is 17.3 Å². The highest BCUT2D eigenvalue weighted by atomic mass is 16.6. The number of hydrogen-bond acceptors (Lipinski definition) is 8. The SMILES string of the molecule is COc1cc2nccc(Oc3ccc(CC(=O)Nc4cc(NC(=O)OC(C)(C)C)n(C)n4)cc3)c2cc1OC. The number of hydrogen-bond donors (Lipinski definition) is 2. The van der Waals surface area contributed by atoms with Crippen molar-refractivity contribution in [2.75, 3.05) is 24.9 Å². The highest BCUT2D eigenvalue weighted by molar-refractivity contribution is 5.92. The van der Waals surface area contributed by atoms with Crippen LogP contribution in [0.2, 0.25) is 0 Å². The summed E-state index contributed by atoms with van der Waals surface area (Å²) < 4.78 is 23.6. The molecule has 0 fully saturated rings. The number of benzene rings is 2. The molecule has 0 aliphatic heterocycles. The predicted octanol–water partition coefficient (Wildman–Crippen LogP) is 5.31. The van der Waals surface area contributed by atoms with Crippen LogP contribution in [0.15, 0.2) is 54.7 Å². The standard InChI is InChI=1S/C28H31N5O6/c1-28(2,3)39-27(35)31-25-16-24(32-33(25)4)30-26(34)13-17-7-9-18(10-8-17)38-21-11-12-29-20-15-23(37-6)22(36-5)14-19(20)21/h7-12,14-16H,13H2,1-6H3,(H,31,35)(H,30,32,34). The molecule has 0 aliphatic carbocycles. The predicted molar refractivity (Wildman–Crippen MR) is 147 cm³/mol. The van der Waals surface area contributed by atoms with E-state index in [0.29, 0.717) is 40.2 Å². The van der Waals surface area contributed by atoms with Crippen molar-refractivity contribution in [2.45, 2.75) is 32.8 Å². The number of aryl methyl sites for hydroxylation is 1. The highest BCUT2D eigenvalue weighted by Crippen LogP contribution is 2.36. The number of methoxy groups -OCH3 is 2. The third-order valence-corrected chi connectivity index (χ3v) is 5.50. The Morgan fingerprint density at radius 3 is 2.28 bits per heavy atom. The van der Waals surface area contributed by atoms with Crippen molar-refractivity contribution in [2.24, 2.45) is 7.05 Å². The minimum atomic E-state index is -0.631. The summed E-state index contributed by atoms with van der Waals surface area (Å²) in [6.07, 6.45) is 1.18. The van der Waals surface area contributed by atoms with E-state index in [1.165, 1.54) is 4.68 Å². The molecule has 0 aliphatic rings. The second-order valence-corrected chi connectivity index (χ2v) is 9.67. The molecule has 2 amide bonds. The summed E-state index contributed by atoms with van der Waals surface area (Å²) in [4.78, 5) is 29.0. The van der Waals surface area contributed by atoms with E-state index in [-0.39, 0.29) is 12.3 Å². The first-order valence-electron chi connectivity index (χ1n) is 12.2. The maximum atomic E-state index is 12.6. The van der Waals surface area contributed by atoms with Crippen molar-refractivity contribution < 1.29 is 28.5 Å². The molecule has 0 saturated heterocycles. The lowest BCUT2D eigenvalue weighted by atomic mass is 10.1. The number of carbonyl (C=O) groups excluding carboxylic acids is 2. The normalized spacial score (nSPS) is 11.1. The van der Waals surface area contributed by atoms with E-state index in [1.807, 2.05) is 18.2 Å². The fourth-order valence-corrected chi connectivity index (χ4v) is 3.76. The van der Waals surface area contributed by atoms with Gasteiger partial charge in [-0.2, -0.15) is 5.10 Å². The Bertz CT molecular complexity index is 1490. The van der Waals surface area contributed by atoms with E-state index < -0.39 is 11.7 Å². The van der Waals surface area contributed by atoms with Gasteiger partial charge in [0.2, 0.25) is 5.91 Å². The lowest BCUT2D eigenvalue weighted by Crippen LogP contribution is -2.27. The molecule has 0 radical (unpaired) electrons. The largest absolute Gasteiger partial charge is 0.493 e. The average Bonchev–Trinajstić information content (AvgIpc) is 3.21. The number of amides is 2. The zero-order valence-electron chi connectivity index (χ0n) is 22.7. The van der Waals surface area contributed by atoms with E-state index in [0.717, 1.165) is 10.9 Å². The van der Waals surface area contributed by atoms with Crippen molar-refractivity contribution in [3.8, 4) is 23.0 Å². The number of anilines is 2. The molecule has 4 rings (SSSR count). The van der Waals surface area contributed by atoms with Crippen LogP contribution >= 0.6 is 0 Å². The Morgan fingerprint density at radius 2 is 1.62 bits per heavy atom. The molecule has 4 aromatic rings. The molecule has 0 bridgehead atoms. The number of nitrogens with one attached hydrogen (secondary N) is 2.